The van der Waals surface area contributed by atoms with E-state index in [1.54, 1.807) is 24.3 Å². The summed E-state index contributed by atoms with van der Waals surface area (Å²) in [6, 6.07) is 16.9. The molecule has 248 valence electrons. The minimum atomic E-state index is -0.363. The van der Waals surface area contributed by atoms with Crippen LogP contribution in [0.15, 0.2) is 59.1 Å². The number of carbonyl (C=O) groups excluding carboxylic acids is 2. The Balaban J connectivity index is 1.19. The van der Waals surface area contributed by atoms with Gasteiger partial charge in [0.15, 0.2) is 0 Å². The summed E-state index contributed by atoms with van der Waals surface area (Å²) in [7, 11) is 0. The van der Waals surface area contributed by atoms with Gasteiger partial charge in [-0.25, -0.2) is 4.79 Å². The second-order valence-corrected chi connectivity index (χ2v) is 13.4. The highest BCUT2D eigenvalue weighted by atomic mass is 79.9. The van der Waals surface area contributed by atoms with Gasteiger partial charge in [0.2, 0.25) is 0 Å². The first-order chi connectivity index (χ1) is 22.3. The van der Waals surface area contributed by atoms with E-state index in [0.29, 0.717) is 56.9 Å². The van der Waals surface area contributed by atoms with Crippen LogP contribution in [0.25, 0.3) is 0 Å². The smallest absolute Gasteiger partial charge is 0.338 e. The lowest BCUT2D eigenvalue weighted by Crippen LogP contribution is -2.37. The van der Waals surface area contributed by atoms with Crippen LogP contribution < -0.4 is 11.1 Å². The Labute approximate surface area is 291 Å². The molecule has 46 heavy (non-hydrogen) atoms. The van der Waals surface area contributed by atoms with Gasteiger partial charge in [-0.05, 0) is 102 Å². The molecule has 10 heteroatoms. The van der Waals surface area contributed by atoms with E-state index in [4.69, 9.17) is 38.4 Å². The molecular weight excluding hydrogens is 689 g/mol. The molecule has 7 nitrogen and oxygen atoms in total. The van der Waals surface area contributed by atoms with E-state index >= 15 is 0 Å². The van der Waals surface area contributed by atoms with Crippen molar-refractivity contribution < 1.29 is 19.1 Å². The molecule has 0 unspecified atom stereocenters. The molecular formula is C36H44BrCl2N3O4. The summed E-state index contributed by atoms with van der Waals surface area (Å²) in [5, 5.41) is 4.22. The number of nitrogens with zero attached hydrogens (tertiary/aromatic N) is 1. The number of halogens is 3. The summed E-state index contributed by atoms with van der Waals surface area (Å²) in [6.07, 6.45) is 9.57. The highest BCUT2D eigenvalue weighted by Gasteiger charge is 2.23. The van der Waals surface area contributed by atoms with Crippen molar-refractivity contribution in [1.29, 1.82) is 0 Å². The average molecular weight is 734 g/mol. The van der Waals surface area contributed by atoms with Crippen LogP contribution >= 0.6 is 39.1 Å². The lowest BCUT2D eigenvalue weighted by molar-refractivity contribution is -0.142. The van der Waals surface area contributed by atoms with Crippen LogP contribution in [0.5, 0.6) is 0 Å². The monoisotopic (exact) mass is 731 g/mol. The lowest BCUT2D eigenvalue weighted by atomic mass is 9.93. The molecule has 0 saturated heterocycles. The van der Waals surface area contributed by atoms with Crippen molar-refractivity contribution >= 4 is 68.1 Å². The number of anilines is 3. The van der Waals surface area contributed by atoms with Gasteiger partial charge < -0.3 is 20.5 Å². The fraction of sp³-hybridized carbons (Fsp3) is 0.444. The molecule has 3 aromatic rings. The molecule has 1 fully saturated rings. The van der Waals surface area contributed by atoms with Crippen molar-refractivity contribution in [2.45, 2.75) is 83.7 Å². The number of unbranched alkanes of at least 4 members (excludes halogenated alkanes) is 2. The predicted molar refractivity (Wildman–Crippen MR) is 191 cm³/mol. The standard InChI is InChI=1S/C36H44BrCl2N3O4/c1-2-18-42(28-13-5-3-6-14-28)24-27-21-26(22-29(37)34(27)40)36(44)46-20-10-4-9-19-45-33(43)23-25-12-7-8-17-32(25)41-35-30(38)15-11-16-31(35)39/h7-8,11-12,15-17,21-22,28,41H,2-6,9-10,13-14,18-20,23-24,40H2,1H3. The fourth-order valence-corrected chi connectivity index (χ4v) is 6.83. The number of hydrogen-bond acceptors (Lipinski definition) is 7. The van der Waals surface area contributed by atoms with E-state index in [2.05, 4.69) is 33.1 Å². The molecule has 1 aliphatic carbocycles. The van der Waals surface area contributed by atoms with Gasteiger partial charge in [0, 0.05) is 22.7 Å². The molecule has 0 heterocycles. The van der Waals surface area contributed by atoms with Crippen LogP contribution in [0.3, 0.4) is 0 Å². The number of para-hydroxylation sites is 2. The summed E-state index contributed by atoms with van der Waals surface area (Å²) >= 11 is 16.2. The van der Waals surface area contributed by atoms with Crippen LogP contribution in [0, 0.1) is 0 Å². The molecule has 3 aromatic carbocycles. The first-order valence-electron chi connectivity index (χ1n) is 16.2. The molecule has 0 amide bonds. The Kier molecular flexibility index (Phi) is 14.5. The molecule has 0 bridgehead atoms. The van der Waals surface area contributed by atoms with Crippen molar-refractivity contribution in [3.63, 3.8) is 0 Å². The number of nitrogen functional groups attached to an aromatic ring is 1. The number of ether oxygens (including phenoxy) is 2. The van der Waals surface area contributed by atoms with Gasteiger partial charge in [-0.1, -0.05) is 73.7 Å². The molecule has 3 N–H and O–H groups in total. The molecule has 1 saturated carbocycles. The zero-order valence-electron chi connectivity index (χ0n) is 26.5. The highest BCUT2D eigenvalue weighted by Crippen LogP contribution is 2.34. The Bertz CT molecular complexity index is 1440. The first kappa shape index (κ1) is 36.1. The maximum absolute atomic E-state index is 12.9. The number of carbonyl (C=O) groups is 2. The van der Waals surface area contributed by atoms with E-state index in [1.165, 1.54) is 32.1 Å². The lowest BCUT2D eigenvalue weighted by Gasteiger charge is -2.34. The zero-order valence-corrected chi connectivity index (χ0v) is 29.6. The topological polar surface area (TPSA) is 93.9 Å². The second-order valence-electron chi connectivity index (χ2n) is 11.8. The SMILES string of the molecule is CCCN(Cc1cc(C(=O)OCCCCCOC(=O)Cc2ccccc2Nc2c(Cl)cccc2Cl)cc(Br)c1N)C1CCCCC1. The summed E-state index contributed by atoms with van der Waals surface area (Å²) in [4.78, 5) is 28.0. The van der Waals surface area contributed by atoms with Gasteiger partial charge >= 0.3 is 11.9 Å². The Morgan fingerprint density at radius 2 is 1.63 bits per heavy atom. The molecule has 1 aliphatic rings. The number of nitrogens with one attached hydrogen (secondary N) is 1. The normalized spacial score (nSPS) is 13.5. The quantitative estimate of drug-likeness (QED) is 0.0861. The van der Waals surface area contributed by atoms with Crippen LogP contribution in [0.4, 0.5) is 17.1 Å². The number of esters is 2. The maximum atomic E-state index is 12.9. The summed E-state index contributed by atoms with van der Waals surface area (Å²) in [6.45, 7) is 4.52. The summed E-state index contributed by atoms with van der Waals surface area (Å²) in [5.41, 5.74) is 10.7. The van der Waals surface area contributed by atoms with Crippen LogP contribution in [0.1, 0.15) is 86.2 Å². The van der Waals surface area contributed by atoms with Crippen molar-refractivity contribution in [3.8, 4) is 0 Å². The molecule has 0 spiro atoms. The van der Waals surface area contributed by atoms with E-state index < -0.39 is 0 Å². The maximum Gasteiger partial charge on any atom is 0.338 e. The van der Waals surface area contributed by atoms with Gasteiger partial charge in [0.25, 0.3) is 0 Å². The number of nitrogens with two attached hydrogens (primary N) is 1. The van der Waals surface area contributed by atoms with Crippen LogP contribution in [-0.2, 0) is 27.2 Å². The van der Waals surface area contributed by atoms with Crippen LogP contribution in [-0.4, -0.2) is 42.6 Å². The van der Waals surface area contributed by atoms with Crippen LogP contribution in [0.2, 0.25) is 10.0 Å². The number of hydrogen-bond donors (Lipinski definition) is 2. The summed E-state index contributed by atoms with van der Waals surface area (Å²) in [5.74, 6) is -0.685. The van der Waals surface area contributed by atoms with Crippen molar-refractivity contribution in [2.75, 3.05) is 30.8 Å². The minimum absolute atomic E-state index is 0.110. The largest absolute Gasteiger partial charge is 0.465 e. The highest BCUT2D eigenvalue weighted by molar-refractivity contribution is 9.10. The molecule has 4 rings (SSSR count). The van der Waals surface area contributed by atoms with Gasteiger partial charge in [0.05, 0.1) is 46.6 Å². The van der Waals surface area contributed by atoms with Gasteiger partial charge in [0.1, 0.15) is 0 Å². The number of benzene rings is 3. The van der Waals surface area contributed by atoms with Gasteiger partial charge in [-0.3, -0.25) is 9.69 Å². The zero-order chi connectivity index (χ0) is 32.9. The molecule has 0 aromatic heterocycles. The molecule has 0 atom stereocenters. The first-order valence-corrected chi connectivity index (χ1v) is 17.7. The minimum Gasteiger partial charge on any atom is -0.465 e. The van der Waals surface area contributed by atoms with Crippen molar-refractivity contribution in [2.24, 2.45) is 0 Å². The van der Waals surface area contributed by atoms with E-state index in [1.807, 2.05) is 30.3 Å². The Morgan fingerprint density at radius 1 is 0.935 bits per heavy atom. The van der Waals surface area contributed by atoms with Gasteiger partial charge in [-0.15, -0.1) is 0 Å². The Hall–Kier alpha value is -2.78. The van der Waals surface area contributed by atoms with Gasteiger partial charge in [-0.2, -0.15) is 0 Å². The third-order valence-electron chi connectivity index (χ3n) is 8.29. The second kappa shape index (κ2) is 18.5. The summed E-state index contributed by atoms with van der Waals surface area (Å²) < 4.78 is 11.8. The Morgan fingerprint density at radius 3 is 2.35 bits per heavy atom. The molecule has 0 radical (unpaired) electrons. The van der Waals surface area contributed by atoms with E-state index in [0.717, 1.165) is 42.7 Å². The fourth-order valence-electron chi connectivity index (χ4n) is 5.84. The van der Waals surface area contributed by atoms with E-state index in [-0.39, 0.29) is 25.0 Å². The van der Waals surface area contributed by atoms with Crippen molar-refractivity contribution in [1.82, 2.24) is 4.90 Å². The van der Waals surface area contributed by atoms with Crippen molar-refractivity contribution in [3.05, 3.63) is 85.8 Å². The predicted octanol–water partition coefficient (Wildman–Crippen LogP) is 9.74. The third kappa shape index (κ3) is 10.6. The average Bonchev–Trinajstić information content (AvgIpc) is 3.05. The third-order valence-corrected chi connectivity index (χ3v) is 9.57. The van der Waals surface area contributed by atoms with E-state index in [9.17, 15) is 9.59 Å². The molecule has 0 aliphatic heterocycles. The number of rotatable bonds is 16.